The SMILES string of the molecule is [CH2]S(=O)(=O)C(c1ccccc1)N1CCNCC1. The first-order chi connectivity index (χ1) is 8.09. The molecule has 0 saturated carbocycles. The molecule has 93 valence electrons. The molecular weight excluding hydrogens is 236 g/mol. The summed E-state index contributed by atoms with van der Waals surface area (Å²) >= 11 is 0. The van der Waals surface area contributed by atoms with Crippen LogP contribution in [0.15, 0.2) is 30.3 Å². The second-order valence-corrected chi connectivity index (χ2v) is 5.98. The van der Waals surface area contributed by atoms with Crippen molar-refractivity contribution in [3.63, 3.8) is 0 Å². The molecule has 1 unspecified atom stereocenters. The molecule has 17 heavy (non-hydrogen) atoms. The lowest BCUT2D eigenvalue weighted by molar-refractivity contribution is 0.220. The molecule has 1 aliphatic heterocycles. The molecule has 1 heterocycles. The van der Waals surface area contributed by atoms with E-state index in [0.29, 0.717) is 0 Å². The lowest BCUT2D eigenvalue weighted by Gasteiger charge is -2.33. The van der Waals surface area contributed by atoms with Crippen molar-refractivity contribution in [2.24, 2.45) is 0 Å². The van der Waals surface area contributed by atoms with E-state index in [0.717, 1.165) is 31.7 Å². The zero-order chi connectivity index (χ0) is 12.3. The molecule has 4 nitrogen and oxygen atoms in total. The normalized spacial score (nSPS) is 20.1. The van der Waals surface area contributed by atoms with Crippen LogP contribution in [0.1, 0.15) is 10.9 Å². The predicted octanol–water partition coefficient (Wildman–Crippen LogP) is 0.797. The van der Waals surface area contributed by atoms with Gasteiger partial charge in [-0.3, -0.25) is 4.90 Å². The maximum absolute atomic E-state index is 11.9. The Hall–Kier alpha value is -0.910. The van der Waals surface area contributed by atoms with Crippen LogP contribution in [0, 0.1) is 6.26 Å². The zero-order valence-electron chi connectivity index (χ0n) is 9.67. The Bertz CT molecular complexity index is 453. The lowest BCUT2D eigenvalue weighted by atomic mass is 10.2. The number of nitrogens with zero attached hydrogens (tertiary/aromatic N) is 1. The summed E-state index contributed by atoms with van der Waals surface area (Å²) in [5.74, 6) is 0. The molecular formula is C12H17N2O2S. The number of benzene rings is 1. The third-order valence-corrected chi connectivity index (χ3v) is 4.16. The fourth-order valence-corrected chi connectivity index (χ4v) is 3.42. The van der Waals surface area contributed by atoms with E-state index in [9.17, 15) is 8.42 Å². The largest absolute Gasteiger partial charge is 0.314 e. The van der Waals surface area contributed by atoms with Gasteiger partial charge in [-0.2, -0.15) is 0 Å². The maximum atomic E-state index is 11.9. The summed E-state index contributed by atoms with van der Waals surface area (Å²) in [7, 11) is -3.37. The molecule has 2 rings (SSSR count). The Morgan fingerprint density at radius 2 is 1.76 bits per heavy atom. The van der Waals surface area contributed by atoms with E-state index < -0.39 is 15.2 Å². The van der Waals surface area contributed by atoms with Gasteiger partial charge >= 0.3 is 0 Å². The minimum Gasteiger partial charge on any atom is -0.314 e. The molecule has 1 saturated heterocycles. The molecule has 1 fully saturated rings. The van der Waals surface area contributed by atoms with Gasteiger partial charge in [0.1, 0.15) is 5.37 Å². The number of piperazine rings is 1. The number of rotatable bonds is 3. The summed E-state index contributed by atoms with van der Waals surface area (Å²) in [5, 5.41) is 2.60. The second-order valence-electron chi connectivity index (χ2n) is 4.21. The molecule has 0 bridgehead atoms. The molecule has 5 heteroatoms. The van der Waals surface area contributed by atoms with Crippen LogP contribution in [0.2, 0.25) is 0 Å². The fourth-order valence-electron chi connectivity index (χ4n) is 2.18. The van der Waals surface area contributed by atoms with E-state index in [1.54, 1.807) is 0 Å². The van der Waals surface area contributed by atoms with Crippen LogP contribution in [0.25, 0.3) is 0 Å². The summed E-state index contributed by atoms with van der Waals surface area (Å²) in [6.07, 6.45) is 3.33. The average molecular weight is 253 g/mol. The Labute approximate surface area is 103 Å². The number of hydrogen-bond donors (Lipinski definition) is 1. The van der Waals surface area contributed by atoms with E-state index >= 15 is 0 Å². The van der Waals surface area contributed by atoms with Gasteiger partial charge in [0.05, 0.1) is 6.26 Å². The molecule has 0 amide bonds. The van der Waals surface area contributed by atoms with Gasteiger partial charge in [0.15, 0.2) is 9.84 Å². The van der Waals surface area contributed by atoms with E-state index in [1.807, 2.05) is 35.2 Å². The van der Waals surface area contributed by atoms with Crippen molar-refractivity contribution in [3.8, 4) is 0 Å². The van der Waals surface area contributed by atoms with Gasteiger partial charge in [-0.15, -0.1) is 0 Å². The molecule has 1 aromatic carbocycles. The van der Waals surface area contributed by atoms with Crippen molar-refractivity contribution in [1.29, 1.82) is 0 Å². The van der Waals surface area contributed by atoms with Crippen molar-refractivity contribution in [2.45, 2.75) is 5.37 Å². The van der Waals surface area contributed by atoms with Gasteiger partial charge < -0.3 is 5.32 Å². The molecule has 0 aromatic heterocycles. The first-order valence-corrected chi connectivity index (χ1v) is 7.37. The van der Waals surface area contributed by atoms with Gasteiger partial charge in [0.25, 0.3) is 0 Å². The number of sulfone groups is 1. The standard InChI is InChI=1S/C12H17N2O2S/c1-17(15,16)12(11-5-3-2-4-6-11)14-9-7-13-8-10-14/h2-6,12-13H,1,7-10H2. The number of nitrogens with one attached hydrogen (secondary N) is 1. The van der Waals surface area contributed by atoms with E-state index in [1.165, 1.54) is 0 Å². The Kier molecular flexibility index (Phi) is 3.81. The summed E-state index contributed by atoms with van der Waals surface area (Å²) in [4.78, 5) is 1.97. The maximum Gasteiger partial charge on any atom is 0.171 e. The van der Waals surface area contributed by atoms with Gasteiger partial charge in [-0.25, -0.2) is 8.42 Å². The van der Waals surface area contributed by atoms with Crippen molar-refractivity contribution in [1.82, 2.24) is 10.2 Å². The summed E-state index contributed by atoms with van der Waals surface area (Å²) in [6, 6.07) is 9.28. The molecule has 0 spiro atoms. The Morgan fingerprint density at radius 3 is 2.29 bits per heavy atom. The monoisotopic (exact) mass is 253 g/mol. The van der Waals surface area contributed by atoms with Gasteiger partial charge in [-0.05, 0) is 5.56 Å². The molecule has 0 aliphatic carbocycles. The topological polar surface area (TPSA) is 49.4 Å². The average Bonchev–Trinajstić information content (AvgIpc) is 2.30. The molecule has 1 aliphatic rings. The lowest BCUT2D eigenvalue weighted by Crippen LogP contribution is -2.46. The van der Waals surface area contributed by atoms with Crippen LogP contribution in [0.5, 0.6) is 0 Å². The zero-order valence-corrected chi connectivity index (χ0v) is 10.5. The van der Waals surface area contributed by atoms with Crippen molar-refractivity contribution in [3.05, 3.63) is 42.2 Å². The Morgan fingerprint density at radius 1 is 1.18 bits per heavy atom. The fraction of sp³-hybridized carbons (Fsp3) is 0.417. The quantitative estimate of drug-likeness (QED) is 0.865. The number of hydrogen-bond acceptors (Lipinski definition) is 4. The highest BCUT2D eigenvalue weighted by atomic mass is 32.2. The van der Waals surface area contributed by atoms with Crippen LogP contribution >= 0.6 is 0 Å². The minimum absolute atomic E-state index is 0.620. The predicted molar refractivity (Wildman–Crippen MR) is 67.9 cm³/mol. The first kappa shape index (κ1) is 12.5. The molecule has 1 atom stereocenters. The highest BCUT2D eigenvalue weighted by Crippen LogP contribution is 2.26. The van der Waals surface area contributed by atoms with E-state index in [2.05, 4.69) is 11.6 Å². The minimum atomic E-state index is -3.37. The van der Waals surface area contributed by atoms with E-state index in [-0.39, 0.29) is 0 Å². The third-order valence-electron chi connectivity index (χ3n) is 2.91. The smallest absolute Gasteiger partial charge is 0.171 e. The second kappa shape index (κ2) is 5.16. The van der Waals surface area contributed by atoms with Crippen molar-refractivity contribution >= 4 is 9.84 Å². The van der Waals surface area contributed by atoms with Gasteiger partial charge in [0, 0.05) is 26.2 Å². The van der Waals surface area contributed by atoms with Crippen LogP contribution < -0.4 is 5.32 Å². The van der Waals surface area contributed by atoms with Crippen LogP contribution in [-0.4, -0.2) is 39.5 Å². The van der Waals surface area contributed by atoms with Crippen LogP contribution in [0.3, 0.4) is 0 Å². The molecule has 1 radical (unpaired) electrons. The van der Waals surface area contributed by atoms with E-state index in [4.69, 9.17) is 0 Å². The van der Waals surface area contributed by atoms with Crippen molar-refractivity contribution in [2.75, 3.05) is 26.2 Å². The molecule has 1 N–H and O–H groups in total. The summed E-state index contributed by atoms with van der Waals surface area (Å²) < 4.78 is 23.7. The van der Waals surface area contributed by atoms with Gasteiger partial charge in [0.2, 0.25) is 0 Å². The summed E-state index contributed by atoms with van der Waals surface area (Å²) in [6.45, 7) is 3.10. The third kappa shape index (κ3) is 3.06. The summed E-state index contributed by atoms with van der Waals surface area (Å²) in [5.41, 5.74) is 0.796. The van der Waals surface area contributed by atoms with Crippen molar-refractivity contribution < 1.29 is 8.42 Å². The Balaban J connectivity index is 2.32. The highest BCUT2D eigenvalue weighted by molar-refractivity contribution is 7.92. The first-order valence-electron chi connectivity index (χ1n) is 5.65. The van der Waals surface area contributed by atoms with Crippen LogP contribution in [0.4, 0.5) is 0 Å². The highest BCUT2D eigenvalue weighted by Gasteiger charge is 2.30. The van der Waals surface area contributed by atoms with Gasteiger partial charge in [-0.1, -0.05) is 30.3 Å². The molecule has 1 aromatic rings. The van der Waals surface area contributed by atoms with Crippen LogP contribution in [-0.2, 0) is 9.84 Å².